The van der Waals surface area contributed by atoms with Gasteiger partial charge in [-0.2, -0.15) is 0 Å². The monoisotopic (exact) mass is 319 g/mol. The minimum absolute atomic E-state index is 0.142. The number of nitrogens with one attached hydrogen (secondary N) is 2. The van der Waals surface area contributed by atoms with Crippen LogP contribution in [0.15, 0.2) is 24.3 Å². The van der Waals surface area contributed by atoms with E-state index in [2.05, 4.69) is 29.4 Å². The van der Waals surface area contributed by atoms with Crippen molar-refractivity contribution >= 4 is 11.7 Å². The predicted molar refractivity (Wildman–Crippen MR) is 94.0 cm³/mol. The Morgan fingerprint density at radius 3 is 2.74 bits per heavy atom. The third-order valence-electron chi connectivity index (χ3n) is 3.97. The summed E-state index contributed by atoms with van der Waals surface area (Å²) < 4.78 is 5.39. The molecular formula is C18H29N3O2. The summed E-state index contributed by atoms with van der Waals surface area (Å²) in [6, 6.07) is 7.28. The summed E-state index contributed by atoms with van der Waals surface area (Å²) in [6.07, 6.45) is 1.16. The summed E-state index contributed by atoms with van der Waals surface area (Å²) >= 11 is 0. The van der Waals surface area contributed by atoms with Gasteiger partial charge in [0.2, 0.25) is 0 Å². The second kappa shape index (κ2) is 8.77. The number of rotatable bonds is 7. The number of carbonyl (C=O) groups is 1. The maximum absolute atomic E-state index is 12.0. The van der Waals surface area contributed by atoms with Crippen molar-refractivity contribution < 1.29 is 9.53 Å². The Morgan fingerprint density at radius 2 is 2.09 bits per heavy atom. The molecule has 1 aliphatic rings. The van der Waals surface area contributed by atoms with Gasteiger partial charge in [0, 0.05) is 25.3 Å². The van der Waals surface area contributed by atoms with Gasteiger partial charge in [-0.25, -0.2) is 4.79 Å². The third-order valence-corrected chi connectivity index (χ3v) is 3.97. The van der Waals surface area contributed by atoms with Gasteiger partial charge >= 0.3 is 6.03 Å². The van der Waals surface area contributed by atoms with E-state index in [9.17, 15) is 4.79 Å². The zero-order chi connectivity index (χ0) is 16.7. The molecule has 2 N–H and O–H groups in total. The van der Waals surface area contributed by atoms with Crippen LogP contribution in [0.3, 0.4) is 0 Å². The molecule has 0 bridgehead atoms. The highest BCUT2D eigenvalue weighted by Gasteiger charge is 2.23. The number of hydrogen-bond donors (Lipinski definition) is 2. The molecular weight excluding hydrogens is 290 g/mol. The van der Waals surface area contributed by atoms with Crippen molar-refractivity contribution in [3.63, 3.8) is 0 Å². The number of likely N-dealkylation sites (tertiary alicyclic amines) is 1. The van der Waals surface area contributed by atoms with E-state index in [1.165, 1.54) is 0 Å². The van der Waals surface area contributed by atoms with Crippen LogP contribution < -0.4 is 15.4 Å². The quantitative estimate of drug-likeness (QED) is 0.811. The molecule has 0 aromatic heterocycles. The van der Waals surface area contributed by atoms with Crippen molar-refractivity contribution in [3.8, 4) is 5.75 Å². The van der Waals surface area contributed by atoms with Crippen LogP contribution in [0.5, 0.6) is 5.75 Å². The van der Waals surface area contributed by atoms with Crippen LogP contribution in [0.1, 0.15) is 27.2 Å². The summed E-state index contributed by atoms with van der Waals surface area (Å²) in [6.45, 7) is 11.2. The Morgan fingerprint density at radius 1 is 1.35 bits per heavy atom. The second-order valence-electron chi connectivity index (χ2n) is 6.60. The summed E-state index contributed by atoms with van der Waals surface area (Å²) in [5, 5.41) is 5.84. The van der Waals surface area contributed by atoms with Crippen molar-refractivity contribution in [1.82, 2.24) is 10.2 Å². The fraction of sp³-hybridized carbons (Fsp3) is 0.611. The zero-order valence-corrected chi connectivity index (χ0v) is 14.5. The standard InChI is InChI=1S/C18H29N3O2/c1-4-23-17-7-5-16(6-8-17)20-18(22)19-11-15-9-10-21(13-15)12-14(2)3/h5-8,14-15H,4,9-13H2,1-3H3,(H2,19,20,22)/t15-/m0/s1. The molecule has 1 aliphatic heterocycles. The zero-order valence-electron chi connectivity index (χ0n) is 14.5. The van der Waals surface area contributed by atoms with Crippen molar-refractivity contribution in [3.05, 3.63) is 24.3 Å². The highest BCUT2D eigenvalue weighted by atomic mass is 16.5. The number of carbonyl (C=O) groups excluding carboxylic acids is 1. The Bertz CT molecular complexity index is 488. The van der Waals surface area contributed by atoms with Gasteiger partial charge in [-0.1, -0.05) is 13.8 Å². The lowest BCUT2D eigenvalue weighted by Gasteiger charge is -2.18. The number of nitrogens with zero attached hydrogens (tertiary/aromatic N) is 1. The van der Waals surface area contributed by atoms with E-state index in [0.717, 1.165) is 44.0 Å². The number of amides is 2. The van der Waals surface area contributed by atoms with E-state index in [0.29, 0.717) is 18.4 Å². The molecule has 0 aliphatic carbocycles. The number of ether oxygens (including phenoxy) is 1. The Kier molecular flexibility index (Phi) is 6.71. The van der Waals surface area contributed by atoms with Gasteiger partial charge in [0.1, 0.15) is 5.75 Å². The first-order valence-corrected chi connectivity index (χ1v) is 8.57. The smallest absolute Gasteiger partial charge is 0.319 e. The van der Waals surface area contributed by atoms with E-state index >= 15 is 0 Å². The van der Waals surface area contributed by atoms with Crippen LogP contribution in [-0.2, 0) is 0 Å². The Hall–Kier alpha value is -1.75. The molecule has 2 amide bonds. The fourth-order valence-electron chi connectivity index (χ4n) is 2.98. The van der Waals surface area contributed by atoms with E-state index in [1.54, 1.807) is 0 Å². The molecule has 1 saturated heterocycles. The van der Waals surface area contributed by atoms with Gasteiger partial charge in [-0.3, -0.25) is 0 Å². The van der Waals surface area contributed by atoms with Gasteiger partial charge in [0.15, 0.2) is 0 Å². The summed E-state index contributed by atoms with van der Waals surface area (Å²) in [5.74, 6) is 2.07. The topological polar surface area (TPSA) is 53.6 Å². The van der Waals surface area contributed by atoms with Crippen LogP contribution in [0, 0.1) is 11.8 Å². The molecule has 128 valence electrons. The van der Waals surface area contributed by atoms with Crippen LogP contribution in [0.4, 0.5) is 10.5 Å². The lowest BCUT2D eigenvalue weighted by molar-refractivity contribution is 0.249. The van der Waals surface area contributed by atoms with E-state index in [-0.39, 0.29) is 6.03 Å². The number of anilines is 1. The lowest BCUT2D eigenvalue weighted by atomic mass is 10.1. The highest BCUT2D eigenvalue weighted by Crippen LogP contribution is 2.17. The maximum atomic E-state index is 12.0. The molecule has 5 nitrogen and oxygen atoms in total. The largest absolute Gasteiger partial charge is 0.494 e. The minimum atomic E-state index is -0.142. The van der Waals surface area contributed by atoms with Gasteiger partial charge in [0.25, 0.3) is 0 Å². The maximum Gasteiger partial charge on any atom is 0.319 e. The highest BCUT2D eigenvalue weighted by molar-refractivity contribution is 5.89. The molecule has 0 radical (unpaired) electrons. The molecule has 0 spiro atoms. The molecule has 0 unspecified atom stereocenters. The SMILES string of the molecule is CCOc1ccc(NC(=O)NC[C@@H]2CCN(CC(C)C)C2)cc1. The molecule has 1 aromatic rings. The van der Waals surface area contributed by atoms with E-state index < -0.39 is 0 Å². The van der Waals surface area contributed by atoms with Crippen molar-refractivity contribution in [2.75, 3.05) is 38.1 Å². The molecule has 23 heavy (non-hydrogen) atoms. The van der Waals surface area contributed by atoms with Crippen molar-refractivity contribution in [1.29, 1.82) is 0 Å². The Balaban J connectivity index is 1.69. The molecule has 1 heterocycles. The normalized spacial score (nSPS) is 18.2. The van der Waals surface area contributed by atoms with Crippen LogP contribution in [0.25, 0.3) is 0 Å². The van der Waals surface area contributed by atoms with E-state index in [4.69, 9.17) is 4.74 Å². The van der Waals surface area contributed by atoms with E-state index in [1.807, 2.05) is 31.2 Å². The van der Waals surface area contributed by atoms with Crippen LogP contribution >= 0.6 is 0 Å². The summed E-state index contributed by atoms with van der Waals surface area (Å²) in [7, 11) is 0. The average Bonchev–Trinajstić information content (AvgIpc) is 2.94. The first-order chi connectivity index (χ1) is 11.1. The third kappa shape index (κ3) is 6.10. The Labute approximate surface area is 139 Å². The first kappa shape index (κ1) is 17.6. The van der Waals surface area contributed by atoms with Crippen LogP contribution in [-0.4, -0.2) is 43.7 Å². The molecule has 1 aromatic carbocycles. The molecule has 2 rings (SSSR count). The number of benzene rings is 1. The fourth-order valence-corrected chi connectivity index (χ4v) is 2.98. The predicted octanol–water partition coefficient (Wildman–Crippen LogP) is 3.18. The first-order valence-electron chi connectivity index (χ1n) is 8.57. The summed E-state index contributed by atoms with van der Waals surface area (Å²) in [4.78, 5) is 14.5. The average molecular weight is 319 g/mol. The van der Waals surface area contributed by atoms with Gasteiger partial charge in [-0.15, -0.1) is 0 Å². The summed E-state index contributed by atoms with van der Waals surface area (Å²) in [5.41, 5.74) is 0.777. The van der Waals surface area contributed by atoms with Crippen molar-refractivity contribution in [2.45, 2.75) is 27.2 Å². The number of urea groups is 1. The molecule has 5 heteroatoms. The van der Waals surface area contributed by atoms with Crippen molar-refractivity contribution in [2.24, 2.45) is 11.8 Å². The van der Waals surface area contributed by atoms with Crippen LogP contribution in [0.2, 0.25) is 0 Å². The molecule has 1 fully saturated rings. The van der Waals surface area contributed by atoms with Gasteiger partial charge < -0.3 is 20.3 Å². The number of hydrogen-bond acceptors (Lipinski definition) is 3. The minimum Gasteiger partial charge on any atom is -0.494 e. The molecule has 1 atom stereocenters. The van der Waals surface area contributed by atoms with Gasteiger partial charge in [0.05, 0.1) is 6.61 Å². The molecule has 0 saturated carbocycles. The lowest BCUT2D eigenvalue weighted by Crippen LogP contribution is -2.34. The second-order valence-corrected chi connectivity index (χ2v) is 6.60. The van der Waals surface area contributed by atoms with Gasteiger partial charge in [-0.05, 0) is 56.0 Å².